The first-order valence-electron chi connectivity index (χ1n) is 9.67. The van der Waals surface area contributed by atoms with Crippen molar-refractivity contribution in [1.82, 2.24) is 15.6 Å². The van der Waals surface area contributed by atoms with E-state index in [0.717, 1.165) is 22.5 Å². The summed E-state index contributed by atoms with van der Waals surface area (Å²) in [6.45, 7) is 1.79. The molecule has 2 aromatic rings. The molecular formula is C19H23BN4O6S. The minimum Gasteiger partial charge on any atom is -0.536 e. The number of anilines is 1. The number of nitrogens with two attached hydrogens (primary N) is 1. The Kier molecular flexibility index (Phi) is 7.13. The fourth-order valence-electron chi connectivity index (χ4n) is 3.41. The maximum absolute atomic E-state index is 13.1. The molecule has 31 heavy (non-hydrogen) atoms. The van der Waals surface area contributed by atoms with Crippen LogP contribution in [0.1, 0.15) is 35.7 Å². The third-order valence-electron chi connectivity index (χ3n) is 4.94. The molecule has 1 aromatic heterocycles. The van der Waals surface area contributed by atoms with Crippen LogP contribution in [0.2, 0.25) is 5.82 Å². The number of nitrogens with one attached hydrogen (secondary N) is 2. The standard InChI is InChI=1S/C19H23BN4O6S/c1-10-3-2-4-11-7-12(20(29)30-17(10)11)8-14(25)16(13-9-31-18(21)23-13)24-19(28)22-6-5-15(26)27/h2-4,9,12,16,29H,5-8H2,1H3,(H2,21,23)(H,26,27)(H2,22,24,28)/t12-,16?/m1/s1. The van der Waals surface area contributed by atoms with Crippen LogP contribution in [-0.4, -0.2) is 46.6 Å². The number of amides is 2. The van der Waals surface area contributed by atoms with Crippen LogP contribution >= 0.6 is 11.3 Å². The number of benzene rings is 1. The van der Waals surface area contributed by atoms with Crippen molar-refractivity contribution in [2.45, 2.75) is 38.0 Å². The Balaban J connectivity index is 1.71. The molecule has 2 heterocycles. The van der Waals surface area contributed by atoms with Gasteiger partial charge in [-0.1, -0.05) is 18.2 Å². The molecule has 10 nitrogen and oxygen atoms in total. The van der Waals surface area contributed by atoms with Gasteiger partial charge in [0.05, 0.1) is 12.1 Å². The number of nitrogen functional groups attached to an aromatic ring is 1. The quantitative estimate of drug-likeness (QED) is 0.379. The van der Waals surface area contributed by atoms with Crippen LogP contribution in [0.15, 0.2) is 23.6 Å². The van der Waals surface area contributed by atoms with Crippen molar-refractivity contribution < 1.29 is 29.2 Å². The van der Waals surface area contributed by atoms with E-state index in [1.165, 1.54) is 0 Å². The van der Waals surface area contributed by atoms with E-state index in [1.807, 2.05) is 25.1 Å². The zero-order chi connectivity index (χ0) is 22.5. The van der Waals surface area contributed by atoms with Crippen molar-refractivity contribution >= 4 is 41.4 Å². The highest BCUT2D eigenvalue weighted by molar-refractivity contribution is 7.13. The molecule has 1 unspecified atom stereocenters. The van der Waals surface area contributed by atoms with Gasteiger partial charge in [-0.25, -0.2) is 9.78 Å². The minimum atomic E-state index is -1.16. The number of carbonyl (C=O) groups is 3. The van der Waals surface area contributed by atoms with Crippen LogP contribution in [0.5, 0.6) is 5.75 Å². The molecule has 12 heteroatoms. The fourth-order valence-corrected chi connectivity index (χ4v) is 4.00. The van der Waals surface area contributed by atoms with Crippen molar-refractivity contribution in [3.63, 3.8) is 0 Å². The van der Waals surface area contributed by atoms with Gasteiger partial charge in [-0.15, -0.1) is 11.3 Å². The highest BCUT2D eigenvalue weighted by atomic mass is 32.1. The van der Waals surface area contributed by atoms with E-state index in [-0.39, 0.29) is 36.0 Å². The molecule has 0 saturated heterocycles. The fraction of sp³-hybridized carbons (Fsp3) is 0.368. The average Bonchev–Trinajstić information content (AvgIpc) is 3.13. The van der Waals surface area contributed by atoms with Crippen LogP contribution < -0.4 is 21.0 Å². The van der Waals surface area contributed by atoms with E-state index in [9.17, 15) is 19.4 Å². The lowest BCUT2D eigenvalue weighted by atomic mass is 9.64. The van der Waals surface area contributed by atoms with Crippen molar-refractivity contribution in [2.75, 3.05) is 12.3 Å². The number of carbonyl (C=O) groups excluding carboxylic acids is 2. The first-order valence-corrected chi connectivity index (χ1v) is 10.6. The Morgan fingerprint density at radius 1 is 1.42 bits per heavy atom. The topological polar surface area (TPSA) is 164 Å². The maximum Gasteiger partial charge on any atom is 0.526 e. The van der Waals surface area contributed by atoms with Gasteiger partial charge in [0.2, 0.25) is 0 Å². The Bertz CT molecular complexity index is 984. The van der Waals surface area contributed by atoms with Crippen LogP contribution in [0, 0.1) is 6.92 Å². The second-order valence-electron chi connectivity index (χ2n) is 7.29. The third-order valence-corrected chi connectivity index (χ3v) is 5.63. The molecular weight excluding hydrogens is 423 g/mol. The number of urea groups is 1. The Morgan fingerprint density at radius 3 is 2.87 bits per heavy atom. The molecule has 0 bridgehead atoms. The molecule has 3 rings (SSSR count). The number of hydrogen-bond acceptors (Lipinski definition) is 8. The molecule has 164 valence electrons. The Morgan fingerprint density at radius 2 is 2.19 bits per heavy atom. The smallest absolute Gasteiger partial charge is 0.526 e. The average molecular weight is 446 g/mol. The number of nitrogens with zero attached hydrogens (tertiary/aromatic N) is 1. The van der Waals surface area contributed by atoms with Gasteiger partial charge in [0.25, 0.3) is 0 Å². The molecule has 0 saturated carbocycles. The first kappa shape index (κ1) is 22.6. The van der Waals surface area contributed by atoms with Gasteiger partial charge in [-0.2, -0.15) is 0 Å². The number of ketones is 1. The van der Waals surface area contributed by atoms with E-state index < -0.39 is 31.0 Å². The SMILES string of the molecule is Cc1cccc2c1OB(O)[C@@H](CC(=O)C(NC(=O)NCCC(=O)O)c1csc(N)n1)C2. The monoisotopic (exact) mass is 446 g/mol. The second-order valence-corrected chi connectivity index (χ2v) is 8.18. The minimum absolute atomic E-state index is 0.0634. The van der Waals surface area contributed by atoms with Crippen LogP contribution in [0.3, 0.4) is 0 Å². The molecule has 0 radical (unpaired) electrons. The summed E-state index contributed by atoms with van der Waals surface area (Å²) < 4.78 is 5.64. The number of rotatable bonds is 8. The summed E-state index contributed by atoms with van der Waals surface area (Å²) in [7, 11) is -1.16. The molecule has 0 fully saturated rings. The van der Waals surface area contributed by atoms with Gasteiger partial charge in [0.15, 0.2) is 10.9 Å². The molecule has 0 aliphatic carbocycles. The van der Waals surface area contributed by atoms with Crippen LogP contribution in [0.4, 0.5) is 9.93 Å². The number of Topliss-reactive ketones (excluding diaryl/α,β-unsaturated/α-hetero) is 1. The highest BCUT2D eigenvalue weighted by Gasteiger charge is 2.38. The molecule has 1 aliphatic rings. The number of aromatic nitrogens is 1. The van der Waals surface area contributed by atoms with Crippen molar-refractivity contribution in [3.8, 4) is 5.75 Å². The first-order chi connectivity index (χ1) is 14.7. The number of para-hydroxylation sites is 1. The molecule has 6 N–H and O–H groups in total. The van der Waals surface area contributed by atoms with E-state index >= 15 is 0 Å². The van der Waals surface area contributed by atoms with E-state index in [4.69, 9.17) is 15.5 Å². The van der Waals surface area contributed by atoms with E-state index in [1.54, 1.807) is 5.38 Å². The summed E-state index contributed by atoms with van der Waals surface area (Å²) in [5, 5.41) is 25.9. The lowest BCUT2D eigenvalue weighted by Crippen LogP contribution is -2.43. The lowest BCUT2D eigenvalue weighted by Gasteiger charge is -2.29. The summed E-state index contributed by atoms with van der Waals surface area (Å²) in [5.74, 6) is -1.31. The number of carboxylic acids is 1. The Hall–Kier alpha value is -3.12. The normalized spacial score (nSPS) is 16.1. The highest BCUT2D eigenvalue weighted by Crippen LogP contribution is 2.36. The van der Waals surface area contributed by atoms with Crippen molar-refractivity contribution in [1.29, 1.82) is 0 Å². The van der Waals surface area contributed by atoms with Gasteiger partial charge in [0, 0.05) is 24.2 Å². The summed E-state index contributed by atoms with van der Waals surface area (Å²) in [5.41, 5.74) is 7.76. The van der Waals surface area contributed by atoms with E-state index in [0.29, 0.717) is 12.2 Å². The number of carboxylic acid groups (broad SMARTS) is 1. The van der Waals surface area contributed by atoms with Crippen LogP contribution in [-0.2, 0) is 16.0 Å². The molecule has 2 amide bonds. The summed E-state index contributed by atoms with van der Waals surface area (Å²) in [4.78, 5) is 40.0. The molecule has 1 aliphatic heterocycles. The van der Waals surface area contributed by atoms with Gasteiger partial charge in [-0.05, 0) is 24.5 Å². The van der Waals surface area contributed by atoms with Gasteiger partial charge >= 0.3 is 19.1 Å². The zero-order valence-electron chi connectivity index (χ0n) is 16.8. The van der Waals surface area contributed by atoms with E-state index in [2.05, 4.69) is 15.6 Å². The number of aryl methyl sites for hydroxylation is 1. The van der Waals surface area contributed by atoms with Crippen molar-refractivity contribution in [3.05, 3.63) is 40.4 Å². The lowest BCUT2D eigenvalue weighted by molar-refractivity contribution is -0.136. The summed E-state index contributed by atoms with van der Waals surface area (Å²) >= 11 is 1.13. The van der Waals surface area contributed by atoms with Crippen molar-refractivity contribution in [2.24, 2.45) is 0 Å². The largest absolute Gasteiger partial charge is 0.536 e. The zero-order valence-corrected chi connectivity index (χ0v) is 17.6. The number of hydrogen-bond donors (Lipinski definition) is 5. The molecule has 1 aromatic carbocycles. The number of thiazole rings is 1. The van der Waals surface area contributed by atoms with Gasteiger partial charge in [-0.3, -0.25) is 9.59 Å². The Labute approximate surface area is 183 Å². The summed E-state index contributed by atoms with van der Waals surface area (Å²) in [6, 6.07) is 3.86. The maximum atomic E-state index is 13.1. The second kappa shape index (κ2) is 9.79. The number of fused-ring (bicyclic) bond motifs is 1. The van der Waals surface area contributed by atoms with Gasteiger partial charge < -0.3 is 31.2 Å². The predicted molar refractivity (Wildman–Crippen MR) is 115 cm³/mol. The molecule has 2 atom stereocenters. The summed E-state index contributed by atoms with van der Waals surface area (Å²) in [6.07, 6.45) is 0.132. The van der Waals surface area contributed by atoms with Gasteiger partial charge in [0.1, 0.15) is 11.8 Å². The van der Waals surface area contributed by atoms with Crippen LogP contribution in [0.25, 0.3) is 0 Å². The predicted octanol–water partition coefficient (Wildman–Crippen LogP) is 1.29. The third kappa shape index (κ3) is 5.73. The number of aliphatic carboxylic acids is 1. The molecule has 0 spiro atoms.